The maximum Gasteiger partial charge on any atom is 0.145 e. The van der Waals surface area contributed by atoms with Crippen molar-refractivity contribution in [1.29, 1.82) is 0 Å². The van der Waals surface area contributed by atoms with Gasteiger partial charge in [-0.1, -0.05) is 0 Å². The van der Waals surface area contributed by atoms with Gasteiger partial charge in [0.15, 0.2) is 0 Å². The number of hydrogen-bond acceptors (Lipinski definition) is 8. The van der Waals surface area contributed by atoms with Crippen LogP contribution in [0.25, 0.3) is 10.9 Å². The van der Waals surface area contributed by atoms with Crippen molar-refractivity contribution in [3.05, 3.63) is 36.7 Å². The van der Waals surface area contributed by atoms with E-state index in [1.54, 1.807) is 26.2 Å². The van der Waals surface area contributed by atoms with Crippen LogP contribution >= 0.6 is 11.9 Å². The minimum Gasteiger partial charge on any atom is -0.497 e. The molecule has 0 unspecified atom stereocenters. The highest BCUT2D eigenvalue weighted by Crippen LogP contribution is 2.37. The molecule has 0 bridgehead atoms. The van der Waals surface area contributed by atoms with Crippen LogP contribution in [-0.4, -0.2) is 45.3 Å². The number of rotatable bonds is 7. The van der Waals surface area contributed by atoms with E-state index in [0.717, 1.165) is 27.2 Å². The average molecular weight is 385 g/mol. The smallest absolute Gasteiger partial charge is 0.145 e. The molecule has 3 aromatic rings. The van der Waals surface area contributed by atoms with Crippen LogP contribution in [0.5, 0.6) is 11.5 Å². The highest BCUT2D eigenvalue weighted by molar-refractivity contribution is 7.97. The molecule has 0 radical (unpaired) electrons. The van der Waals surface area contributed by atoms with Gasteiger partial charge in [0.05, 0.1) is 36.5 Å². The zero-order valence-corrected chi connectivity index (χ0v) is 16.8. The molecule has 0 aliphatic carbocycles. The molecule has 0 aliphatic heterocycles. The Hall–Kier alpha value is -2.71. The highest BCUT2D eigenvalue weighted by Gasteiger charge is 2.14. The lowest BCUT2D eigenvalue weighted by Crippen LogP contribution is -2.11. The minimum atomic E-state index is 0.652. The normalized spacial score (nSPS) is 10.7. The van der Waals surface area contributed by atoms with Crippen molar-refractivity contribution in [2.24, 2.45) is 0 Å². The van der Waals surface area contributed by atoms with Crippen molar-refractivity contribution in [3.8, 4) is 11.5 Å². The van der Waals surface area contributed by atoms with Gasteiger partial charge in [0.2, 0.25) is 0 Å². The number of methoxy groups -OCH3 is 2. The van der Waals surface area contributed by atoms with Crippen LogP contribution in [0.2, 0.25) is 0 Å². The van der Waals surface area contributed by atoms with E-state index < -0.39 is 0 Å². The number of nitrogens with zero attached hydrogens (tertiary/aromatic N) is 3. The summed E-state index contributed by atoms with van der Waals surface area (Å²) in [7, 11) is 9.16. The lowest BCUT2D eigenvalue weighted by molar-refractivity contribution is 0.398. The number of aromatic nitrogens is 2. The van der Waals surface area contributed by atoms with Crippen molar-refractivity contribution < 1.29 is 9.47 Å². The van der Waals surface area contributed by atoms with Gasteiger partial charge in [0, 0.05) is 31.1 Å². The number of nitrogens with one attached hydrogen (secondary N) is 2. The maximum absolute atomic E-state index is 5.56. The van der Waals surface area contributed by atoms with Crippen LogP contribution in [0.3, 0.4) is 0 Å². The van der Waals surface area contributed by atoms with Crippen molar-refractivity contribution in [3.63, 3.8) is 0 Å². The average Bonchev–Trinajstić information content (AvgIpc) is 2.67. The predicted molar refractivity (Wildman–Crippen MR) is 112 cm³/mol. The molecule has 1 aromatic heterocycles. The summed E-state index contributed by atoms with van der Waals surface area (Å²) in [4.78, 5) is 12.0. The first-order chi connectivity index (χ1) is 13.1. The van der Waals surface area contributed by atoms with Crippen molar-refractivity contribution >= 4 is 40.0 Å². The van der Waals surface area contributed by atoms with Gasteiger partial charge < -0.3 is 19.7 Å². The van der Waals surface area contributed by atoms with Crippen LogP contribution < -0.4 is 24.4 Å². The Kier molecular flexibility index (Phi) is 5.88. The Labute approximate surface area is 163 Å². The lowest BCUT2D eigenvalue weighted by Gasteiger charge is -2.20. The second-order valence-corrected chi connectivity index (χ2v) is 7.03. The summed E-state index contributed by atoms with van der Waals surface area (Å²) in [5, 5.41) is 4.26. The summed E-state index contributed by atoms with van der Waals surface area (Å²) in [6.45, 7) is 0. The van der Waals surface area contributed by atoms with E-state index in [0.29, 0.717) is 17.3 Å². The summed E-state index contributed by atoms with van der Waals surface area (Å²) in [5.74, 6) is 2.01. The van der Waals surface area contributed by atoms with E-state index >= 15 is 0 Å². The molecule has 27 heavy (non-hydrogen) atoms. The number of hydrogen-bond donors (Lipinski definition) is 2. The topological polar surface area (TPSA) is 71.5 Å². The summed E-state index contributed by atoms with van der Waals surface area (Å²) in [6, 6.07) is 9.93. The van der Waals surface area contributed by atoms with Crippen LogP contribution in [0, 0.1) is 0 Å². The molecule has 0 fully saturated rings. The van der Waals surface area contributed by atoms with E-state index in [1.165, 1.54) is 6.33 Å². The lowest BCUT2D eigenvalue weighted by atomic mass is 10.2. The highest BCUT2D eigenvalue weighted by atomic mass is 32.2. The van der Waals surface area contributed by atoms with Gasteiger partial charge in [-0.3, -0.25) is 4.72 Å². The van der Waals surface area contributed by atoms with Gasteiger partial charge in [0.25, 0.3) is 0 Å². The third kappa shape index (κ3) is 4.01. The number of anilines is 3. The Morgan fingerprint density at radius 3 is 2.52 bits per heavy atom. The first kappa shape index (κ1) is 19.1. The molecule has 0 amide bonds. The molecular weight excluding hydrogens is 362 g/mol. The Morgan fingerprint density at radius 1 is 1.04 bits per heavy atom. The van der Waals surface area contributed by atoms with E-state index in [1.807, 2.05) is 33.3 Å². The number of benzene rings is 2. The largest absolute Gasteiger partial charge is 0.497 e. The Morgan fingerprint density at radius 2 is 1.85 bits per heavy atom. The molecule has 0 saturated heterocycles. The number of fused-ring (bicyclic) bond motifs is 1. The zero-order valence-electron chi connectivity index (χ0n) is 16.0. The van der Waals surface area contributed by atoms with Crippen molar-refractivity contribution in [2.75, 3.05) is 45.6 Å². The third-order valence-corrected chi connectivity index (χ3v) is 4.75. The fourth-order valence-corrected chi connectivity index (χ4v) is 3.37. The van der Waals surface area contributed by atoms with Gasteiger partial charge in [0.1, 0.15) is 23.6 Å². The van der Waals surface area contributed by atoms with Crippen LogP contribution in [0.15, 0.2) is 41.6 Å². The molecule has 8 heteroatoms. The van der Waals surface area contributed by atoms with E-state index in [2.05, 4.69) is 43.1 Å². The Balaban J connectivity index is 2.13. The van der Waals surface area contributed by atoms with E-state index in [4.69, 9.17) is 9.47 Å². The fourth-order valence-electron chi connectivity index (χ4n) is 2.82. The quantitative estimate of drug-likeness (QED) is 0.597. The summed E-state index contributed by atoms with van der Waals surface area (Å²) < 4.78 is 14.0. The standard InChI is InChI=1S/C19H23N5O2S/c1-20-27-13-6-7-16(24(2)3)14(10-13)23-19-18-15(21-11-22-19)8-12(25-4)9-17(18)26-5/h6-11,20H,1-5H3,(H,21,22,23). The minimum absolute atomic E-state index is 0.652. The summed E-state index contributed by atoms with van der Waals surface area (Å²) in [6.07, 6.45) is 1.53. The van der Waals surface area contributed by atoms with E-state index in [-0.39, 0.29) is 0 Å². The monoisotopic (exact) mass is 385 g/mol. The van der Waals surface area contributed by atoms with Gasteiger partial charge >= 0.3 is 0 Å². The molecule has 2 aromatic carbocycles. The molecule has 7 nitrogen and oxygen atoms in total. The van der Waals surface area contributed by atoms with Gasteiger partial charge in [-0.2, -0.15) is 0 Å². The molecule has 0 atom stereocenters. The first-order valence-corrected chi connectivity index (χ1v) is 9.17. The predicted octanol–water partition coefficient (Wildman–Crippen LogP) is 3.68. The molecule has 1 heterocycles. The molecule has 0 spiro atoms. The second kappa shape index (κ2) is 8.32. The fraction of sp³-hybridized carbons (Fsp3) is 0.263. The molecule has 0 aliphatic rings. The SMILES string of the molecule is CNSc1ccc(N(C)C)c(Nc2ncnc3cc(OC)cc(OC)c23)c1. The molecule has 3 rings (SSSR count). The van der Waals surface area contributed by atoms with E-state index in [9.17, 15) is 0 Å². The van der Waals surface area contributed by atoms with Crippen molar-refractivity contribution in [2.45, 2.75) is 4.90 Å². The second-order valence-electron chi connectivity index (χ2n) is 5.95. The van der Waals surface area contributed by atoms with Gasteiger partial charge in [-0.25, -0.2) is 9.97 Å². The zero-order chi connectivity index (χ0) is 19.4. The molecule has 142 valence electrons. The summed E-state index contributed by atoms with van der Waals surface area (Å²) >= 11 is 1.55. The first-order valence-electron chi connectivity index (χ1n) is 8.36. The third-order valence-electron chi connectivity index (χ3n) is 4.05. The van der Waals surface area contributed by atoms with Gasteiger partial charge in [-0.15, -0.1) is 0 Å². The Bertz CT molecular complexity index is 949. The van der Waals surface area contributed by atoms with Crippen LogP contribution in [-0.2, 0) is 0 Å². The van der Waals surface area contributed by atoms with Crippen molar-refractivity contribution in [1.82, 2.24) is 14.7 Å². The molecular formula is C19H23N5O2S. The number of ether oxygens (including phenoxy) is 2. The molecule has 2 N–H and O–H groups in total. The van der Waals surface area contributed by atoms with Crippen LogP contribution in [0.1, 0.15) is 0 Å². The van der Waals surface area contributed by atoms with Crippen LogP contribution in [0.4, 0.5) is 17.2 Å². The molecule has 0 saturated carbocycles. The van der Waals surface area contributed by atoms with Gasteiger partial charge in [-0.05, 0) is 37.2 Å². The maximum atomic E-state index is 5.56. The summed E-state index contributed by atoms with van der Waals surface area (Å²) in [5.41, 5.74) is 2.74.